The Bertz CT molecular complexity index is 338. The van der Waals surface area contributed by atoms with Crippen molar-refractivity contribution in [2.75, 3.05) is 17.7 Å². The first-order chi connectivity index (χ1) is 7.28. The van der Waals surface area contributed by atoms with E-state index < -0.39 is 0 Å². The number of anilines is 2. The second kappa shape index (κ2) is 4.44. The molecule has 0 saturated heterocycles. The Morgan fingerprint density at radius 1 is 1.53 bits per heavy atom. The molecule has 1 aliphatic carbocycles. The number of hydrogen-bond donors (Lipinski definition) is 2. The van der Waals surface area contributed by atoms with E-state index in [9.17, 15) is 0 Å². The summed E-state index contributed by atoms with van der Waals surface area (Å²) in [6.45, 7) is 3.01. The number of nitrogen functional groups attached to an aromatic ring is 1. The second-order valence-electron chi connectivity index (χ2n) is 3.65. The Balaban J connectivity index is 2.05. The summed E-state index contributed by atoms with van der Waals surface area (Å²) in [6.07, 6.45) is 2.43. The van der Waals surface area contributed by atoms with Gasteiger partial charge in [0.05, 0.1) is 0 Å². The van der Waals surface area contributed by atoms with Crippen molar-refractivity contribution in [3.8, 4) is 0 Å². The largest absolute Gasteiger partial charge is 0.384 e. The molecule has 0 spiro atoms. The van der Waals surface area contributed by atoms with Crippen LogP contribution in [-0.4, -0.2) is 22.6 Å². The minimum absolute atomic E-state index is 0.418. The Hall–Kier alpha value is -1.36. The lowest BCUT2D eigenvalue weighted by Gasteiger charge is -2.07. The van der Waals surface area contributed by atoms with Crippen molar-refractivity contribution >= 4 is 11.6 Å². The zero-order valence-electron chi connectivity index (χ0n) is 8.86. The monoisotopic (exact) mass is 208 g/mol. The van der Waals surface area contributed by atoms with Crippen molar-refractivity contribution in [3.05, 3.63) is 11.9 Å². The molecule has 1 aliphatic rings. The van der Waals surface area contributed by atoms with E-state index in [2.05, 4.69) is 15.3 Å². The zero-order valence-corrected chi connectivity index (χ0v) is 8.86. The molecule has 0 unspecified atom stereocenters. The molecule has 15 heavy (non-hydrogen) atoms. The molecule has 0 radical (unpaired) electrons. The maximum Gasteiger partial charge on any atom is 0.158 e. The lowest BCUT2D eigenvalue weighted by molar-refractivity contribution is 0.128. The van der Waals surface area contributed by atoms with Gasteiger partial charge in [-0.15, -0.1) is 0 Å². The fourth-order valence-corrected chi connectivity index (χ4v) is 1.29. The average molecular weight is 208 g/mol. The first-order valence-electron chi connectivity index (χ1n) is 5.25. The van der Waals surface area contributed by atoms with Gasteiger partial charge in [0.1, 0.15) is 18.2 Å². The molecule has 1 fully saturated rings. The third-order valence-electron chi connectivity index (χ3n) is 2.16. The van der Waals surface area contributed by atoms with Gasteiger partial charge in [-0.1, -0.05) is 0 Å². The molecule has 5 heteroatoms. The van der Waals surface area contributed by atoms with Crippen molar-refractivity contribution in [2.45, 2.75) is 32.4 Å². The van der Waals surface area contributed by atoms with E-state index >= 15 is 0 Å². The molecule has 0 amide bonds. The molecule has 1 saturated carbocycles. The van der Waals surface area contributed by atoms with E-state index in [4.69, 9.17) is 10.5 Å². The second-order valence-corrected chi connectivity index (χ2v) is 3.65. The van der Waals surface area contributed by atoms with E-state index in [0.717, 1.165) is 5.82 Å². The van der Waals surface area contributed by atoms with Gasteiger partial charge in [0, 0.05) is 18.7 Å². The van der Waals surface area contributed by atoms with Crippen LogP contribution in [0, 0.1) is 0 Å². The maximum atomic E-state index is 5.68. The molecule has 82 valence electrons. The van der Waals surface area contributed by atoms with Gasteiger partial charge in [-0.3, -0.25) is 0 Å². The number of aromatic nitrogens is 2. The summed E-state index contributed by atoms with van der Waals surface area (Å²) in [5.74, 6) is 1.93. The van der Waals surface area contributed by atoms with Gasteiger partial charge in [0.2, 0.25) is 0 Å². The average Bonchev–Trinajstić information content (AvgIpc) is 2.98. The normalized spacial score (nSPS) is 15.3. The fraction of sp³-hybridized carbons (Fsp3) is 0.600. The van der Waals surface area contributed by atoms with Crippen LogP contribution >= 0.6 is 0 Å². The van der Waals surface area contributed by atoms with Crippen molar-refractivity contribution in [2.24, 2.45) is 0 Å². The molecular formula is C10H16N4O. The number of rotatable bonds is 5. The summed E-state index contributed by atoms with van der Waals surface area (Å²) in [4.78, 5) is 8.42. The summed E-state index contributed by atoms with van der Waals surface area (Å²) in [5, 5.41) is 3.29. The topological polar surface area (TPSA) is 73.1 Å². The Labute approximate surface area is 89.1 Å². The van der Waals surface area contributed by atoms with Crippen LogP contribution in [0.3, 0.4) is 0 Å². The van der Waals surface area contributed by atoms with Gasteiger partial charge in [-0.2, -0.15) is 0 Å². The number of nitrogens with two attached hydrogens (primary N) is 1. The minimum Gasteiger partial charge on any atom is -0.384 e. The Morgan fingerprint density at radius 3 is 3.00 bits per heavy atom. The molecule has 0 aromatic carbocycles. The predicted octanol–water partition coefficient (Wildman–Crippen LogP) is 1.17. The molecule has 1 aromatic rings. The number of ether oxygens (including phenoxy) is 1. The van der Waals surface area contributed by atoms with Crippen LogP contribution in [0.1, 0.15) is 25.6 Å². The highest BCUT2D eigenvalue weighted by Gasteiger charge is 2.21. The molecule has 0 bridgehead atoms. The minimum atomic E-state index is 0.418. The summed E-state index contributed by atoms with van der Waals surface area (Å²) in [7, 11) is 0. The van der Waals surface area contributed by atoms with Gasteiger partial charge in [0.25, 0.3) is 0 Å². The van der Waals surface area contributed by atoms with E-state index in [-0.39, 0.29) is 0 Å². The van der Waals surface area contributed by atoms with Crippen LogP contribution in [0.2, 0.25) is 0 Å². The Morgan fingerprint density at radius 2 is 2.33 bits per heavy atom. The molecule has 1 aromatic heterocycles. The smallest absolute Gasteiger partial charge is 0.158 e. The fourth-order valence-electron chi connectivity index (χ4n) is 1.29. The van der Waals surface area contributed by atoms with Crippen LogP contribution in [0.4, 0.5) is 11.6 Å². The molecule has 0 atom stereocenters. The van der Waals surface area contributed by atoms with E-state index in [0.29, 0.717) is 30.9 Å². The van der Waals surface area contributed by atoms with Gasteiger partial charge in [-0.25, -0.2) is 9.97 Å². The highest BCUT2D eigenvalue weighted by atomic mass is 16.5. The van der Waals surface area contributed by atoms with Gasteiger partial charge < -0.3 is 15.8 Å². The maximum absolute atomic E-state index is 5.68. The summed E-state index contributed by atoms with van der Waals surface area (Å²) < 4.78 is 5.24. The highest BCUT2D eigenvalue weighted by Crippen LogP contribution is 2.24. The summed E-state index contributed by atoms with van der Waals surface area (Å²) in [6, 6.07) is 2.33. The Kier molecular flexibility index (Phi) is 3.01. The van der Waals surface area contributed by atoms with E-state index in [1.165, 1.54) is 12.8 Å². The van der Waals surface area contributed by atoms with Crippen LogP contribution < -0.4 is 11.1 Å². The summed E-state index contributed by atoms with van der Waals surface area (Å²) >= 11 is 0. The van der Waals surface area contributed by atoms with Crippen molar-refractivity contribution in [3.63, 3.8) is 0 Å². The van der Waals surface area contributed by atoms with Crippen LogP contribution in [0.25, 0.3) is 0 Å². The zero-order chi connectivity index (χ0) is 10.7. The number of nitrogens with one attached hydrogen (secondary N) is 1. The van der Waals surface area contributed by atoms with Crippen molar-refractivity contribution < 1.29 is 4.74 Å². The van der Waals surface area contributed by atoms with Gasteiger partial charge in [-0.05, 0) is 19.8 Å². The van der Waals surface area contributed by atoms with Gasteiger partial charge in [0.15, 0.2) is 5.82 Å². The first-order valence-corrected chi connectivity index (χ1v) is 5.25. The quantitative estimate of drug-likeness (QED) is 0.759. The van der Waals surface area contributed by atoms with E-state index in [1.54, 1.807) is 6.07 Å². The van der Waals surface area contributed by atoms with Crippen LogP contribution in [-0.2, 0) is 11.3 Å². The summed E-state index contributed by atoms with van der Waals surface area (Å²) in [5.41, 5.74) is 5.68. The molecular weight excluding hydrogens is 192 g/mol. The lowest BCUT2D eigenvalue weighted by atomic mass is 10.4. The lowest BCUT2D eigenvalue weighted by Crippen LogP contribution is -2.08. The van der Waals surface area contributed by atoms with E-state index in [1.807, 2.05) is 6.92 Å². The molecule has 3 N–H and O–H groups in total. The number of nitrogens with zero attached hydrogens (tertiary/aromatic N) is 2. The highest BCUT2D eigenvalue weighted by molar-refractivity contribution is 5.45. The molecule has 2 rings (SSSR count). The third kappa shape index (κ3) is 3.06. The van der Waals surface area contributed by atoms with Gasteiger partial charge >= 0.3 is 0 Å². The molecule has 1 heterocycles. The SMILES string of the molecule is CCOCc1nc(N)cc(NC2CC2)n1. The molecule has 0 aliphatic heterocycles. The van der Waals surface area contributed by atoms with Crippen molar-refractivity contribution in [1.82, 2.24) is 9.97 Å². The predicted molar refractivity (Wildman–Crippen MR) is 58.4 cm³/mol. The number of hydrogen-bond acceptors (Lipinski definition) is 5. The standard InChI is InChI=1S/C10H16N4O/c1-2-15-6-10-13-8(11)5-9(14-10)12-7-3-4-7/h5,7H,2-4,6H2,1H3,(H3,11,12,13,14). The van der Waals surface area contributed by atoms with Crippen molar-refractivity contribution in [1.29, 1.82) is 0 Å². The van der Waals surface area contributed by atoms with Crippen LogP contribution in [0.15, 0.2) is 6.07 Å². The van der Waals surface area contributed by atoms with Crippen LogP contribution in [0.5, 0.6) is 0 Å². The third-order valence-corrected chi connectivity index (χ3v) is 2.16. The first kappa shape index (κ1) is 10.2. The molecule has 5 nitrogen and oxygen atoms in total.